The third-order valence-electron chi connectivity index (χ3n) is 4.33. The standard InChI is InChI=1S/C18H21F3N2O2/c1-12(13-6-2-3-7-13)10-16(24)23-15-9-5-4-8-14(15)11-22-17(25)18(19,20)21/h4-5,8-10,13H,2-3,6-7,11H2,1H3,(H,22,25)(H,23,24)/b12-10+. The van der Waals surface area contributed by atoms with E-state index in [2.05, 4.69) is 5.32 Å². The van der Waals surface area contributed by atoms with Crippen molar-refractivity contribution < 1.29 is 22.8 Å². The van der Waals surface area contributed by atoms with E-state index in [0.717, 1.165) is 18.4 Å². The molecular formula is C18H21F3N2O2. The van der Waals surface area contributed by atoms with Crippen LogP contribution in [0.5, 0.6) is 0 Å². The topological polar surface area (TPSA) is 58.2 Å². The van der Waals surface area contributed by atoms with Gasteiger partial charge in [0.25, 0.3) is 0 Å². The van der Waals surface area contributed by atoms with Crippen LogP contribution < -0.4 is 10.6 Å². The maximum absolute atomic E-state index is 12.3. The fourth-order valence-electron chi connectivity index (χ4n) is 2.95. The highest BCUT2D eigenvalue weighted by molar-refractivity contribution is 6.00. The summed E-state index contributed by atoms with van der Waals surface area (Å²) < 4.78 is 36.8. The van der Waals surface area contributed by atoms with Crippen LogP contribution in [0.4, 0.5) is 18.9 Å². The number of para-hydroxylation sites is 1. The van der Waals surface area contributed by atoms with Crippen LogP contribution in [0.25, 0.3) is 0 Å². The third-order valence-corrected chi connectivity index (χ3v) is 4.33. The number of rotatable bonds is 5. The summed E-state index contributed by atoms with van der Waals surface area (Å²) in [6.45, 7) is 1.60. The van der Waals surface area contributed by atoms with Crippen LogP contribution in [0.3, 0.4) is 0 Å². The van der Waals surface area contributed by atoms with E-state index < -0.39 is 12.1 Å². The molecule has 136 valence electrons. The number of allylic oxidation sites excluding steroid dienone is 1. The number of hydrogen-bond donors (Lipinski definition) is 2. The van der Waals surface area contributed by atoms with Crippen LogP contribution in [-0.2, 0) is 16.1 Å². The zero-order valence-electron chi connectivity index (χ0n) is 14.0. The Balaban J connectivity index is 2.01. The molecule has 0 spiro atoms. The van der Waals surface area contributed by atoms with Gasteiger partial charge in [0.05, 0.1) is 0 Å². The molecule has 0 radical (unpaired) electrons. The second-order valence-corrected chi connectivity index (χ2v) is 6.20. The predicted molar refractivity (Wildman–Crippen MR) is 88.7 cm³/mol. The fraction of sp³-hybridized carbons (Fsp3) is 0.444. The number of halogens is 3. The van der Waals surface area contributed by atoms with Crippen molar-refractivity contribution in [1.29, 1.82) is 0 Å². The Bertz CT molecular complexity index is 663. The van der Waals surface area contributed by atoms with E-state index in [0.29, 0.717) is 17.2 Å². The van der Waals surface area contributed by atoms with Crippen molar-refractivity contribution in [2.45, 2.75) is 45.3 Å². The van der Waals surface area contributed by atoms with E-state index in [9.17, 15) is 22.8 Å². The van der Waals surface area contributed by atoms with Crippen LogP contribution in [0.15, 0.2) is 35.9 Å². The summed E-state index contributed by atoms with van der Waals surface area (Å²) in [4.78, 5) is 23.1. The van der Waals surface area contributed by atoms with Crippen LogP contribution >= 0.6 is 0 Å². The average Bonchev–Trinajstić information content (AvgIpc) is 3.07. The first kappa shape index (κ1) is 19.0. The van der Waals surface area contributed by atoms with Gasteiger partial charge in [-0.3, -0.25) is 9.59 Å². The van der Waals surface area contributed by atoms with Gasteiger partial charge in [0, 0.05) is 18.3 Å². The fourth-order valence-corrected chi connectivity index (χ4v) is 2.95. The molecule has 0 atom stereocenters. The molecule has 0 heterocycles. The molecule has 1 aliphatic carbocycles. The largest absolute Gasteiger partial charge is 0.471 e. The minimum atomic E-state index is -4.93. The lowest BCUT2D eigenvalue weighted by molar-refractivity contribution is -0.173. The molecular weight excluding hydrogens is 333 g/mol. The van der Waals surface area contributed by atoms with E-state index >= 15 is 0 Å². The minimum Gasteiger partial charge on any atom is -0.344 e. The number of anilines is 1. The van der Waals surface area contributed by atoms with E-state index in [1.54, 1.807) is 30.3 Å². The van der Waals surface area contributed by atoms with Crippen LogP contribution in [0, 0.1) is 5.92 Å². The highest BCUT2D eigenvalue weighted by atomic mass is 19.4. The van der Waals surface area contributed by atoms with Gasteiger partial charge in [-0.1, -0.05) is 36.6 Å². The summed E-state index contributed by atoms with van der Waals surface area (Å²) in [7, 11) is 0. The van der Waals surface area contributed by atoms with Crippen molar-refractivity contribution >= 4 is 17.5 Å². The molecule has 0 unspecified atom stereocenters. The van der Waals surface area contributed by atoms with E-state index in [4.69, 9.17) is 0 Å². The minimum absolute atomic E-state index is 0.319. The first-order valence-corrected chi connectivity index (χ1v) is 8.19. The number of hydrogen-bond acceptors (Lipinski definition) is 2. The second kappa shape index (κ2) is 8.18. The molecule has 1 aromatic rings. The molecule has 1 aliphatic rings. The Morgan fingerprint density at radius 2 is 1.84 bits per heavy atom. The molecule has 0 aromatic heterocycles. The molecule has 7 heteroatoms. The predicted octanol–water partition coefficient (Wildman–Crippen LogP) is 3.94. The first-order chi connectivity index (χ1) is 11.8. The van der Waals surface area contributed by atoms with Gasteiger partial charge >= 0.3 is 12.1 Å². The maximum Gasteiger partial charge on any atom is 0.471 e. The van der Waals surface area contributed by atoms with Gasteiger partial charge in [-0.05, 0) is 37.3 Å². The normalized spacial score (nSPS) is 15.9. The van der Waals surface area contributed by atoms with Crippen LogP contribution in [0.1, 0.15) is 38.2 Å². The smallest absolute Gasteiger partial charge is 0.344 e. The molecule has 0 bridgehead atoms. The summed E-state index contributed by atoms with van der Waals surface area (Å²) in [5, 5.41) is 4.49. The summed E-state index contributed by atoms with van der Waals surface area (Å²) in [6.07, 6.45) is 1.10. The molecule has 0 aliphatic heterocycles. The highest BCUT2D eigenvalue weighted by Gasteiger charge is 2.38. The number of nitrogens with one attached hydrogen (secondary N) is 2. The average molecular weight is 354 g/mol. The number of amides is 2. The number of carbonyl (C=O) groups excluding carboxylic acids is 2. The Morgan fingerprint density at radius 1 is 1.20 bits per heavy atom. The second-order valence-electron chi connectivity index (χ2n) is 6.20. The summed E-state index contributed by atoms with van der Waals surface area (Å²) in [6, 6.07) is 6.44. The van der Waals surface area contributed by atoms with Crippen molar-refractivity contribution in [1.82, 2.24) is 5.32 Å². The van der Waals surface area contributed by atoms with E-state index in [1.807, 2.05) is 12.2 Å². The lowest BCUT2D eigenvalue weighted by Crippen LogP contribution is -2.36. The maximum atomic E-state index is 12.3. The number of carbonyl (C=O) groups is 2. The molecule has 2 amide bonds. The number of alkyl halides is 3. The van der Waals surface area contributed by atoms with Gasteiger partial charge in [-0.2, -0.15) is 13.2 Å². The molecule has 2 N–H and O–H groups in total. The lowest BCUT2D eigenvalue weighted by atomic mass is 9.98. The SMILES string of the molecule is C/C(=C\C(=O)Nc1ccccc1CNC(=O)C(F)(F)F)C1CCCC1. The van der Waals surface area contributed by atoms with Crippen LogP contribution in [0.2, 0.25) is 0 Å². The third kappa shape index (κ3) is 5.62. The van der Waals surface area contributed by atoms with Crippen LogP contribution in [-0.4, -0.2) is 18.0 Å². The van der Waals surface area contributed by atoms with Crippen molar-refractivity contribution in [2.75, 3.05) is 5.32 Å². The molecule has 1 saturated carbocycles. The molecule has 1 fully saturated rings. The van der Waals surface area contributed by atoms with Gasteiger partial charge in [0.15, 0.2) is 0 Å². The lowest BCUT2D eigenvalue weighted by Gasteiger charge is -2.13. The Labute approximate surface area is 144 Å². The zero-order chi connectivity index (χ0) is 18.4. The van der Waals surface area contributed by atoms with Crippen molar-refractivity contribution in [3.05, 3.63) is 41.5 Å². The highest BCUT2D eigenvalue weighted by Crippen LogP contribution is 2.30. The van der Waals surface area contributed by atoms with E-state index in [1.165, 1.54) is 12.8 Å². The van der Waals surface area contributed by atoms with Gasteiger partial charge in [-0.25, -0.2) is 0 Å². The molecule has 1 aromatic carbocycles. The van der Waals surface area contributed by atoms with Gasteiger partial charge in [0.2, 0.25) is 5.91 Å². The van der Waals surface area contributed by atoms with Crippen molar-refractivity contribution in [2.24, 2.45) is 5.92 Å². The molecule has 0 saturated heterocycles. The monoisotopic (exact) mass is 354 g/mol. The Morgan fingerprint density at radius 3 is 2.48 bits per heavy atom. The quantitative estimate of drug-likeness (QED) is 0.787. The summed E-state index contributed by atoms with van der Waals surface area (Å²) in [5.41, 5.74) is 1.80. The molecule has 4 nitrogen and oxygen atoms in total. The summed E-state index contributed by atoms with van der Waals surface area (Å²) >= 11 is 0. The molecule has 2 rings (SSSR count). The summed E-state index contributed by atoms with van der Waals surface area (Å²) in [5.74, 6) is -1.91. The first-order valence-electron chi connectivity index (χ1n) is 8.19. The van der Waals surface area contributed by atoms with E-state index in [-0.39, 0.29) is 12.5 Å². The Kier molecular flexibility index (Phi) is 6.22. The van der Waals surface area contributed by atoms with Crippen molar-refractivity contribution in [3.8, 4) is 0 Å². The Hall–Kier alpha value is -2.31. The molecule has 25 heavy (non-hydrogen) atoms. The van der Waals surface area contributed by atoms with Gasteiger partial charge < -0.3 is 10.6 Å². The van der Waals surface area contributed by atoms with Crippen molar-refractivity contribution in [3.63, 3.8) is 0 Å². The zero-order valence-corrected chi connectivity index (χ0v) is 14.0. The van der Waals surface area contributed by atoms with Gasteiger partial charge in [-0.15, -0.1) is 0 Å². The number of benzene rings is 1. The van der Waals surface area contributed by atoms with Gasteiger partial charge in [0.1, 0.15) is 0 Å².